The maximum absolute atomic E-state index is 13.2. The first-order valence-electron chi connectivity index (χ1n) is 9.79. The number of nitrogens with one attached hydrogen (secondary N) is 2. The van der Waals surface area contributed by atoms with Crippen molar-refractivity contribution in [2.24, 2.45) is 0 Å². The molecule has 1 amide bonds. The summed E-state index contributed by atoms with van der Waals surface area (Å²) in [6.07, 6.45) is 5.11. The molecule has 0 saturated heterocycles. The van der Waals surface area contributed by atoms with Crippen LogP contribution >= 0.6 is 0 Å². The van der Waals surface area contributed by atoms with Gasteiger partial charge in [0.1, 0.15) is 11.3 Å². The first-order valence-corrected chi connectivity index (χ1v) is 9.79. The Hall–Kier alpha value is -4.20. The van der Waals surface area contributed by atoms with Crippen LogP contribution in [0.15, 0.2) is 78.0 Å². The Morgan fingerprint density at radius 1 is 1.10 bits per heavy atom. The molecule has 0 aliphatic heterocycles. The number of H-pyrrole nitrogens is 1. The van der Waals surface area contributed by atoms with Crippen molar-refractivity contribution in [3.8, 4) is 11.3 Å². The van der Waals surface area contributed by atoms with Crippen LogP contribution in [0.2, 0.25) is 0 Å². The molecule has 0 unspecified atom stereocenters. The fourth-order valence-electron chi connectivity index (χ4n) is 3.63. The van der Waals surface area contributed by atoms with E-state index in [2.05, 4.69) is 15.4 Å². The molecule has 0 atom stereocenters. The van der Waals surface area contributed by atoms with E-state index in [9.17, 15) is 14.0 Å². The van der Waals surface area contributed by atoms with E-state index >= 15 is 0 Å². The summed E-state index contributed by atoms with van der Waals surface area (Å²) in [5, 5.41) is 8.12. The van der Waals surface area contributed by atoms with Crippen molar-refractivity contribution < 1.29 is 9.18 Å². The number of carbonyl (C=O) groups is 1. The van der Waals surface area contributed by atoms with Gasteiger partial charge in [0.2, 0.25) is 0 Å². The Morgan fingerprint density at radius 3 is 2.77 bits per heavy atom. The number of aromatic nitrogens is 4. The Balaban J connectivity index is 1.33. The number of carbonyl (C=O) groups excluding carboxylic acids is 1. The number of aromatic amines is 1. The molecule has 5 rings (SSSR count). The smallest absolute Gasteiger partial charge is 0.276 e. The van der Waals surface area contributed by atoms with E-state index in [-0.39, 0.29) is 17.3 Å². The van der Waals surface area contributed by atoms with E-state index in [1.165, 1.54) is 21.2 Å². The van der Waals surface area contributed by atoms with Crippen LogP contribution in [-0.4, -0.2) is 31.6 Å². The van der Waals surface area contributed by atoms with Gasteiger partial charge in [-0.3, -0.25) is 9.59 Å². The van der Waals surface area contributed by atoms with Crippen LogP contribution in [0.1, 0.15) is 10.4 Å². The SMILES string of the molecule is O=C(NCCn1ccn2nc(-c3ccc(F)cc3)cc2c1=O)c1cccc2[nH]ccc12. The molecule has 154 valence electrons. The van der Waals surface area contributed by atoms with Gasteiger partial charge in [-0.2, -0.15) is 5.10 Å². The van der Waals surface area contributed by atoms with Crippen LogP contribution in [0, 0.1) is 5.82 Å². The van der Waals surface area contributed by atoms with Crippen molar-refractivity contribution in [3.63, 3.8) is 0 Å². The average Bonchev–Trinajstić information content (AvgIpc) is 3.43. The van der Waals surface area contributed by atoms with Crippen LogP contribution < -0.4 is 10.9 Å². The molecule has 3 heterocycles. The minimum Gasteiger partial charge on any atom is -0.361 e. The Kier molecular flexibility index (Phi) is 4.59. The minimum atomic E-state index is -0.329. The Labute approximate surface area is 175 Å². The summed E-state index contributed by atoms with van der Waals surface area (Å²) in [4.78, 5) is 28.5. The van der Waals surface area contributed by atoms with Crippen molar-refractivity contribution in [1.29, 1.82) is 0 Å². The van der Waals surface area contributed by atoms with E-state index in [1.807, 2.05) is 18.2 Å². The summed E-state index contributed by atoms with van der Waals surface area (Å²) in [5.74, 6) is -0.521. The number of halogens is 1. The second-order valence-electron chi connectivity index (χ2n) is 7.16. The first-order chi connectivity index (χ1) is 15.1. The standard InChI is InChI=1S/C23H18FN5O2/c24-16-6-4-15(5-7-16)20-14-21-23(31)28(12-13-29(21)27-20)11-10-26-22(30)18-2-1-3-19-17(18)8-9-25-19/h1-9,12-14,25H,10-11H2,(H,26,30). The summed E-state index contributed by atoms with van der Waals surface area (Å²) in [5.41, 5.74) is 2.98. The highest BCUT2D eigenvalue weighted by Gasteiger charge is 2.12. The van der Waals surface area contributed by atoms with Crippen molar-refractivity contribution in [2.45, 2.75) is 6.54 Å². The van der Waals surface area contributed by atoms with Gasteiger partial charge in [0.05, 0.1) is 5.69 Å². The summed E-state index contributed by atoms with van der Waals surface area (Å²) < 4.78 is 16.2. The third kappa shape index (κ3) is 3.48. The number of fused-ring (bicyclic) bond motifs is 2. The fraction of sp³-hybridized carbons (Fsp3) is 0.0870. The Morgan fingerprint density at radius 2 is 1.94 bits per heavy atom. The zero-order valence-electron chi connectivity index (χ0n) is 16.4. The van der Waals surface area contributed by atoms with Crippen molar-refractivity contribution in [3.05, 3.63) is 94.9 Å². The number of rotatable bonds is 5. The minimum absolute atomic E-state index is 0.192. The van der Waals surface area contributed by atoms with E-state index in [0.717, 1.165) is 16.5 Å². The molecule has 0 saturated carbocycles. The van der Waals surface area contributed by atoms with Gasteiger partial charge in [-0.25, -0.2) is 8.91 Å². The topological polar surface area (TPSA) is 84.2 Å². The lowest BCUT2D eigenvalue weighted by atomic mass is 10.1. The highest BCUT2D eigenvalue weighted by molar-refractivity contribution is 6.06. The van der Waals surface area contributed by atoms with Gasteiger partial charge < -0.3 is 14.9 Å². The molecular weight excluding hydrogens is 397 g/mol. The van der Waals surface area contributed by atoms with Gasteiger partial charge in [-0.05, 0) is 48.5 Å². The molecule has 0 bridgehead atoms. The second-order valence-corrected chi connectivity index (χ2v) is 7.16. The normalized spacial score (nSPS) is 11.3. The summed E-state index contributed by atoms with van der Waals surface area (Å²) in [6, 6.07) is 15.0. The highest BCUT2D eigenvalue weighted by Crippen LogP contribution is 2.19. The second kappa shape index (κ2) is 7.56. The third-order valence-corrected chi connectivity index (χ3v) is 5.22. The number of amides is 1. The summed E-state index contributed by atoms with van der Waals surface area (Å²) >= 11 is 0. The molecule has 7 nitrogen and oxygen atoms in total. The van der Waals surface area contributed by atoms with Gasteiger partial charge in [0.25, 0.3) is 11.5 Å². The van der Waals surface area contributed by atoms with Crippen molar-refractivity contribution >= 4 is 22.3 Å². The molecule has 0 radical (unpaired) electrons. The highest BCUT2D eigenvalue weighted by atomic mass is 19.1. The molecule has 2 aromatic carbocycles. The maximum atomic E-state index is 13.2. The average molecular weight is 415 g/mol. The lowest BCUT2D eigenvalue weighted by molar-refractivity contribution is 0.0954. The lowest BCUT2D eigenvalue weighted by Gasteiger charge is -2.08. The molecule has 0 fully saturated rings. The largest absolute Gasteiger partial charge is 0.361 e. The van der Waals surface area contributed by atoms with Crippen LogP contribution in [-0.2, 0) is 6.54 Å². The van der Waals surface area contributed by atoms with E-state index in [0.29, 0.717) is 29.9 Å². The van der Waals surface area contributed by atoms with Crippen LogP contribution in [0.25, 0.3) is 27.7 Å². The van der Waals surface area contributed by atoms with Gasteiger partial charge in [-0.15, -0.1) is 0 Å². The zero-order chi connectivity index (χ0) is 21.4. The van der Waals surface area contributed by atoms with Crippen LogP contribution in [0.3, 0.4) is 0 Å². The molecule has 0 aliphatic carbocycles. The fourth-order valence-corrected chi connectivity index (χ4v) is 3.63. The monoisotopic (exact) mass is 415 g/mol. The molecule has 5 aromatic rings. The predicted octanol–water partition coefficient (Wildman–Crippen LogP) is 3.21. The van der Waals surface area contributed by atoms with E-state index < -0.39 is 0 Å². The molecular formula is C23H18FN5O2. The number of hydrogen-bond acceptors (Lipinski definition) is 3. The number of benzene rings is 2. The first kappa shape index (κ1) is 18.8. The van der Waals surface area contributed by atoms with Gasteiger partial charge >= 0.3 is 0 Å². The molecule has 0 aliphatic rings. The van der Waals surface area contributed by atoms with Gasteiger partial charge in [-0.1, -0.05) is 6.07 Å². The maximum Gasteiger partial charge on any atom is 0.276 e. The van der Waals surface area contributed by atoms with Crippen LogP contribution in [0.5, 0.6) is 0 Å². The quantitative estimate of drug-likeness (QED) is 0.462. The summed E-state index contributed by atoms with van der Waals surface area (Å²) in [6.45, 7) is 0.621. The summed E-state index contributed by atoms with van der Waals surface area (Å²) in [7, 11) is 0. The molecule has 31 heavy (non-hydrogen) atoms. The van der Waals surface area contributed by atoms with Gasteiger partial charge in [0.15, 0.2) is 0 Å². The van der Waals surface area contributed by atoms with Crippen LogP contribution in [0.4, 0.5) is 4.39 Å². The van der Waals surface area contributed by atoms with Crippen molar-refractivity contribution in [1.82, 2.24) is 24.5 Å². The molecule has 8 heteroatoms. The lowest BCUT2D eigenvalue weighted by Crippen LogP contribution is -2.31. The van der Waals surface area contributed by atoms with Gasteiger partial charge in [0, 0.05) is 53.7 Å². The zero-order valence-corrected chi connectivity index (χ0v) is 16.4. The Bertz CT molecular complexity index is 1460. The molecule has 3 aromatic heterocycles. The predicted molar refractivity (Wildman–Crippen MR) is 115 cm³/mol. The molecule has 2 N–H and O–H groups in total. The molecule has 0 spiro atoms. The number of hydrogen-bond donors (Lipinski definition) is 2. The van der Waals surface area contributed by atoms with E-state index in [4.69, 9.17) is 0 Å². The van der Waals surface area contributed by atoms with E-state index in [1.54, 1.807) is 42.9 Å². The third-order valence-electron chi connectivity index (χ3n) is 5.22. The van der Waals surface area contributed by atoms with Crippen molar-refractivity contribution in [2.75, 3.05) is 6.54 Å². The number of nitrogens with zero attached hydrogens (tertiary/aromatic N) is 3.